The normalized spacial score (nSPS) is 11.9. The van der Waals surface area contributed by atoms with Crippen LogP contribution in [-0.2, 0) is 11.3 Å². The zero-order valence-corrected chi connectivity index (χ0v) is 19.4. The van der Waals surface area contributed by atoms with Gasteiger partial charge in [-0.15, -0.1) is 0 Å². The zero-order valence-electron chi connectivity index (χ0n) is 19.4. The highest BCUT2D eigenvalue weighted by molar-refractivity contribution is 5.75. The third kappa shape index (κ3) is 6.16. The van der Waals surface area contributed by atoms with E-state index in [2.05, 4.69) is 6.07 Å². The van der Waals surface area contributed by atoms with Gasteiger partial charge in [0, 0.05) is 31.0 Å². The van der Waals surface area contributed by atoms with Crippen molar-refractivity contribution >= 4 is 5.91 Å². The van der Waals surface area contributed by atoms with Crippen LogP contribution in [0.4, 0.5) is 0 Å². The summed E-state index contributed by atoms with van der Waals surface area (Å²) in [5.74, 6) is 2.66. The van der Waals surface area contributed by atoms with Crippen molar-refractivity contribution in [3.63, 3.8) is 0 Å². The topological polar surface area (TPSA) is 51.9 Å². The van der Waals surface area contributed by atoms with E-state index in [1.54, 1.807) is 13.4 Å². The van der Waals surface area contributed by atoms with Crippen molar-refractivity contribution in [3.05, 3.63) is 83.8 Å². The second kappa shape index (κ2) is 11.4. The fourth-order valence-corrected chi connectivity index (χ4v) is 3.86. The molecule has 5 heteroatoms. The molecule has 0 spiro atoms. The van der Waals surface area contributed by atoms with Gasteiger partial charge in [0.2, 0.25) is 5.91 Å². The number of para-hydroxylation sites is 1. The van der Waals surface area contributed by atoms with Gasteiger partial charge in [0.15, 0.2) is 0 Å². The first-order valence-electron chi connectivity index (χ1n) is 11.2. The van der Waals surface area contributed by atoms with Crippen molar-refractivity contribution in [3.8, 4) is 11.5 Å². The lowest BCUT2D eigenvalue weighted by atomic mass is 9.92. The molecule has 0 radical (unpaired) electrons. The Morgan fingerprint density at radius 2 is 1.78 bits per heavy atom. The van der Waals surface area contributed by atoms with Crippen LogP contribution < -0.4 is 9.47 Å². The van der Waals surface area contributed by atoms with Crippen LogP contribution in [0.2, 0.25) is 0 Å². The second-order valence-corrected chi connectivity index (χ2v) is 8.08. The fraction of sp³-hybridized carbons (Fsp3) is 0.370. The Labute approximate surface area is 191 Å². The van der Waals surface area contributed by atoms with Crippen LogP contribution in [0.15, 0.2) is 71.3 Å². The number of amides is 1. The SMILES string of the molecule is CCC(=O)N(CC[C@H](c1ccco1)c1ccccc1OC)Cc1ccc(OC(C)C)cc1. The van der Waals surface area contributed by atoms with Crippen LogP contribution >= 0.6 is 0 Å². The van der Waals surface area contributed by atoms with Crippen molar-refractivity contribution in [1.82, 2.24) is 4.90 Å². The quantitative estimate of drug-likeness (QED) is 0.369. The van der Waals surface area contributed by atoms with E-state index in [0.29, 0.717) is 19.5 Å². The number of rotatable bonds is 11. The van der Waals surface area contributed by atoms with E-state index < -0.39 is 0 Å². The van der Waals surface area contributed by atoms with Crippen LogP contribution in [0, 0.1) is 0 Å². The average Bonchev–Trinajstić information content (AvgIpc) is 3.33. The number of hydrogen-bond donors (Lipinski definition) is 0. The van der Waals surface area contributed by atoms with Crippen molar-refractivity contribution in [1.29, 1.82) is 0 Å². The van der Waals surface area contributed by atoms with Gasteiger partial charge in [0.25, 0.3) is 0 Å². The summed E-state index contributed by atoms with van der Waals surface area (Å²) >= 11 is 0. The highest BCUT2D eigenvalue weighted by atomic mass is 16.5. The highest BCUT2D eigenvalue weighted by Gasteiger charge is 2.23. The standard InChI is InChI=1S/C27H33NO4/c1-5-27(29)28(19-21-12-14-22(15-13-21)32-20(2)3)17-16-24(26-11-8-18-31-26)23-9-6-7-10-25(23)30-4/h6-15,18,20,24H,5,16-17,19H2,1-4H3/t24-/m0/s1. The first kappa shape index (κ1) is 23.5. The molecular weight excluding hydrogens is 402 g/mol. The monoisotopic (exact) mass is 435 g/mol. The van der Waals surface area contributed by atoms with Gasteiger partial charge in [-0.1, -0.05) is 37.3 Å². The Balaban J connectivity index is 1.77. The third-order valence-electron chi connectivity index (χ3n) is 5.41. The maximum absolute atomic E-state index is 12.7. The predicted molar refractivity (Wildman–Crippen MR) is 126 cm³/mol. The first-order chi connectivity index (χ1) is 15.5. The van der Waals surface area contributed by atoms with E-state index in [1.807, 2.05) is 80.3 Å². The molecule has 170 valence electrons. The van der Waals surface area contributed by atoms with Crippen molar-refractivity contribution < 1.29 is 18.7 Å². The van der Waals surface area contributed by atoms with E-state index in [-0.39, 0.29) is 17.9 Å². The Kier molecular flexibility index (Phi) is 8.37. The molecule has 0 fully saturated rings. The van der Waals surface area contributed by atoms with Crippen molar-refractivity contribution in [2.75, 3.05) is 13.7 Å². The zero-order chi connectivity index (χ0) is 22.9. The molecule has 0 saturated heterocycles. The van der Waals surface area contributed by atoms with Crippen LogP contribution in [0.5, 0.6) is 11.5 Å². The molecule has 0 saturated carbocycles. The molecule has 1 atom stereocenters. The van der Waals surface area contributed by atoms with Gasteiger partial charge in [0.1, 0.15) is 17.3 Å². The summed E-state index contributed by atoms with van der Waals surface area (Å²) in [5.41, 5.74) is 2.14. The van der Waals surface area contributed by atoms with E-state index in [1.165, 1.54) is 0 Å². The third-order valence-corrected chi connectivity index (χ3v) is 5.41. The summed E-state index contributed by atoms with van der Waals surface area (Å²) in [6.45, 7) is 7.09. The summed E-state index contributed by atoms with van der Waals surface area (Å²) < 4.78 is 17.1. The molecule has 0 aliphatic rings. The molecule has 0 unspecified atom stereocenters. The molecule has 2 aromatic carbocycles. The lowest BCUT2D eigenvalue weighted by Crippen LogP contribution is -2.31. The Morgan fingerprint density at radius 3 is 2.41 bits per heavy atom. The number of carbonyl (C=O) groups excluding carboxylic acids is 1. The van der Waals surface area contributed by atoms with Crippen LogP contribution in [0.25, 0.3) is 0 Å². The summed E-state index contributed by atoms with van der Waals surface area (Å²) in [5, 5.41) is 0. The maximum atomic E-state index is 12.7. The maximum Gasteiger partial charge on any atom is 0.222 e. The number of carbonyl (C=O) groups is 1. The molecule has 0 aliphatic carbocycles. The van der Waals surface area contributed by atoms with Crippen LogP contribution in [0.3, 0.4) is 0 Å². The molecule has 32 heavy (non-hydrogen) atoms. The highest BCUT2D eigenvalue weighted by Crippen LogP contribution is 2.35. The van der Waals surface area contributed by atoms with Gasteiger partial charge in [-0.2, -0.15) is 0 Å². The van der Waals surface area contributed by atoms with Crippen LogP contribution in [0.1, 0.15) is 56.4 Å². The van der Waals surface area contributed by atoms with Gasteiger partial charge in [-0.3, -0.25) is 4.79 Å². The largest absolute Gasteiger partial charge is 0.496 e. The first-order valence-corrected chi connectivity index (χ1v) is 11.2. The average molecular weight is 436 g/mol. The van der Waals surface area contributed by atoms with E-state index >= 15 is 0 Å². The lowest BCUT2D eigenvalue weighted by molar-refractivity contribution is -0.131. The van der Waals surface area contributed by atoms with Crippen molar-refractivity contribution in [2.24, 2.45) is 0 Å². The van der Waals surface area contributed by atoms with Crippen LogP contribution in [-0.4, -0.2) is 30.6 Å². The summed E-state index contributed by atoms with van der Waals surface area (Å²) in [6.07, 6.45) is 3.02. The molecule has 3 rings (SSSR count). The minimum Gasteiger partial charge on any atom is -0.496 e. The van der Waals surface area contributed by atoms with Gasteiger partial charge in [-0.25, -0.2) is 0 Å². The summed E-state index contributed by atoms with van der Waals surface area (Å²) in [4.78, 5) is 14.7. The summed E-state index contributed by atoms with van der Waals surface area (Å²) in [6, 6.07) is 19.8. The van der Waals surface area contributed by atoms with Gasteiger partial charge in [-0.05, 0) is 56.2 Å². The summed E-state index contributed by atoms with van der Waals surface area (Å²) in [7, 11) is 1.68. The molecule has 1 amide bonds. The molecule has 5 nitrogen and oxygen atoms in total. The Hall–Kier alpha value is -3.21. The predicted octanol–water partition coefficient (Wildman–Crippen LogP) is 6.04. The number of methoxy groups -OCH3 is 1. The molecule has 0 N–H and O–H groups in total. The van der Waals surface area contributed by atoms with Gasteiger partial charge < -0.3 is 18.8 Å². The lowest BCUT2D eigenvalue weighted by Gasteiger charge is -2.26. The van der Waals surface area contributed by atoms with Gasteiger partial charge in [0.05, 0.1) is 19.5 Å². The Bertz CT molecular complexity index is 964. The number of nitrogens with zero attached hydrogens (tertiary/aromatic N) is 1. The molecule has 3 aromatic rings. The molecular formula is C27H33NO4. The number of hydrogen-bond acceptors (Lipinski definition) is 4. The Morgan fingerprint density at radius 1 is 1.03 bits per heavy atom. The van der Waals surface area contributed by atoms with E-state index in [4.69, 9.17) is 13.9 Å². The molecule has 0 bridgehead atoms. The molecule has 1 heterocycles. The molecule has 0 aliphatic heterocycles. The van der Waals surface area contributed by atoms with Gasteiger partial charge >= 0.3 is 0 Å². The number of ether oxygens (including phenoxy) is 2. The number of furan rings is 1. The fourth-order valence-electron chi connectivity index (χ4n) is 3.86. The molecule has 1 aromatic heterocycles. The minimum atomic E-state index is -0.00451. The smallest absolute Gasteiger partial charge is 0.222 e. The second-order valence-electron chi connectivity index (χ2n) is 8.08. The minimum absolute atomic E-state index is 0.00451. The number of benzene rings is 2. The van der Waals surface area contributed by atoms with E-state index in [0.717, 1.165) is 34.8 Å². The van der Waals surface area contributed by atoms with E-state index in [9.17, 15) is 4.79 Å². The van der Waals surface area contributed by atoms with Crippen molar-refractivity contribution in [2.45, 2.75) is 52.2 Å².